The lowest BCUT2D eigenvalue weighted by atomic mass is 9.85. The van der Waals surface area contributed by atoms with Gasteiger partial charge in [0.05, 0.1) is 10.0 Å². The number of nitrogen functional groups attached to an aromatic ring is 1. The van der Waals surface area contributed by atoms with Crippen molar-refractivity contribution in [2.75, 3.05) is 17.2 Å². The Morgan fingerprint density at radius 2 is 1.94 bits per heavy atom. The summed E-state index contributed by atoms with van der Waals surface area (Å²) in [6.07, 6.45) is 6.48. The topological polar surface area (TPSA) is 42.1 Å². The summed E-state index contributed by atoms with van der Waals surface area (Å²) in [4.78, 5) is 6.72. The Labute approximate surface area is 117 Å². The van der Waals surface area contributed by atoms with Crippen molar-refractivity contribution < 1.29 is 0 Å². The van der Waals surface area contributed by atoms with E-state index in [1.165, 1.54) is 32.1 Å². The number of nitrogens with zero attached hydrogens (tertiary/aromatic N) is 2. The second kappa shape index (κ2) is 4.78. The van der Waals surface area contributed by atoms with E-state index in [2.05, 4.69) is 9.88 Å². The van der Waals surface area contributed by atoms with Gasteiger partial charge in [-0.1, -0.05) is 36.0 Å². The number of fused-ring (bicyclic) bond motifs is 1. The number of hydrogen-bond donors (Lipinski definition) is 1. The van der Waals surface area contributed by atoms with Gasteiger partial charge in [0.15, 0.2) is 0 Å². The van der Waals surface area contributed by atoms with Crippen molar-refractivity contribution in [3.63, 3.8) is 0 Å². The van der Waals surface area contributed by atoms with Crippen LogP contribution in [0.1, 0.15) is 32.1 Å². The molecule has 0 aromatic carbocycles. The van der Waals surface area contributed by atoms with Gasteiger partial charge < -0.3 is 10.6 Å². The first-order valence-corrected chi connectivity index (χ1v) is 7.30. The van der Waals surface area contributed by atoms with Crippen LogP contribution in [-0.4, -0.2) is 17.6 Å². The normalized spacial score (nSPS) is 27.3. The van der Waals surface area contributed by atoms with Crippen LogP contribution in [0.3, 0.4) is 0 Å². The Bertz CT molecular complexity index is 464. The van der Waals surface area contributed by atoms with Crippen LogP contribution in [0, 0.1) is 5.92 Å². The smallest absolute Gasteiger partial charge is 0.150 e. The van der Waals surface area contributed by atoms with Crippen LogP contribution in [0.2, 0.25) is 10.0 Å². The van der Waals surface area contributed by atoms with Gasteiger partial charge in [-0.15, -0.1) is 0 Å². The van der Waals surface area contributed by atoms with E-state index in [-0.39, 0.29) is 0 Å². The predicted molar refractivity (Wildman–Crippen MR) is 76.4 cm³/mol. The molecule has 0 radical (unpaired) electrons. The van der Waals surface area contributed by atoms with Gasteiger partial charge in [0.1, 0.15) is 11.6 Å². The molecule has 3 rings (SSSR count). The highest BCUT2D eigenvalue weighted by atomic mass is 35.5. The van der Waals surface area contributed by atoms with Gasteiger partial charge >= 0.3 is 0 Å². The average molecular weight is 286 g/mol. The molecule has 1 saturated heterocycles. The maximum Gasteiger partial charge on any atom is 0.150 e. The highest BCUT2D eigenvalue weighted by molar-refractivity contribution is 6.37. The molecule has 2 heterocycles. The molecule has 2 aliphatic rings. The Hall–Kier alpha value is -0.670. The molecule has 1 aromatic heterocycles. The van der Waals surface area contributed by atoms with E-state index in [1.54, 1.807) is 6.07 Å². The summed E-state index contributed by atoms with van der Waals surface area (Å²) in [5.41, 5.74) is 5.80. The molecule has 1 aliphatic carbocycles. The highest BCUT2D eigenvalue weighted by Crippen LogP contribution is 2.41. The van der Waals surface area contributed by atoms with Gasteiger partial charge in [-0.25, -0.2) is 4.98 Å². The minimum absolute atomic E-state index is 0.371. The molecule has 0 amide bonds. The van der Waals surface area contributed by atoms with Crippen LogP contribution < -0.4 is 10.6 Å². The largest absolute Gasteiger partial charge is 0.382 e. The zero-order chi connectivity index (χ0) is 12.7. The molecule has 2 unspecified atom stereocenters. The molecule has 18 heavy (non-hydrogen) atoms. The Morgan fingerprint density at radius 3 is 2.78 bits per heavy atom. The summed E-state index contributed by atoms with van der Waals surface area (Å²) >= 11 is 12.2. The maximum absolute atomic E-state index is 6.27. The number of anilines is 2. The van der Waals surface area contributed by atoms with Gasteiger partial charge in [0, 0.05) is 12.6 Å². The second-order valence-corrected chi connectivity index (χ2v) is 6.07. The molecular formula is C13H17Cl2N3. The number of rotatable bonds is 1. The van der Waals surface area contributed by atoms with Crippen molar-refractivity contribution >= 4 is 34.8 Å². The molecule has 2 atom stereocenters. The SMILES string of the molecule is Nc1nc(N2CCC3CCCCC32)c(Cl)cc1Cl. The summed E-state index contributed by atoms with van der Waals surface area (Å²) in [6.45, 7) is 1.03. The number of pyridine rings is 1. The lowest BCUT2D eigenvalue weighted by molar-refractivity contribution is 0.341. The number of halogens is 2. The fraction of sp³-hybridized carbons (Fsp3) is 0.615. The fourth-order valence-corrected chi connectivity index (χ4v) is 3.81. The minimum Gasteiger partial charge on any atom is -0.382 e. The van der Waals surface area contributed by atoms with Crippen LogP contribution in [0.4, 0.5) is 11.6 Å². The minimum atomic E-state index is 0.371. The third-order valence-corrected chi connectivity index (χ3v) is 4.80. The van der Waals surface area contributed by atoms with Crippen molar-refractivity contribution in [2.24, 2.45) is 5.92 Å². The van der Waals surface area contributed by atoms with Crippen molar-refractivity contribution in [3.8, 4) is 0 Å². The highest BCUT2D eigenvalue weighted by Gasteiger charge is 2.37. The molecule has 0 bridgehead atoms. The standard InChI is InChI=1S/C13H17Cl2N3/c14-9-7-10(15)13(17-12(9)16)18-6-5-8-3-1-2-4-11(8)18/h7-8,11H,1-6H2,(H2,16,17). The predicted octanol–water partition coefficient (Wildman–Crippen LogP) is 3.74. The second-order valence-electron chi connectivity index (χ2n) is 5.25. The van der Waals surface area contributed by atoms with E-state index >= 15 is 0 Å². The van der Waals surface area contributed by atoms with E-state index in [4.69, 9.17) is 28.9 Å². The molecule has 2 fully saturated rings. The van der Waals surface area contributed by atoms with E-state index < -0.39 is 0 Å². The molecule has 1 saturated carbocycles. The van der Waals surface area contributed by atoms with Crippen LogP contribution in [0.5, 0.6) is 0 Å². The summed E-state index contributed by atoms with van der Waals surface area (Å²) < 4.78 is 0. The lowest BCUT2D eigenvalue weighted by Gasteiger charge is -2.32. The van der Waals surface area contributed by atoms with Gasteiger partial charge in [-0.3, -0.25) is 0 Å². The Balaban J connectivity index is 1.93. The van der Waals surface area contributed by atoms with Gasteiger partial charge in [-0.05, 0) is 31.2 Å². The van der Waals surface area contributed by atoms with E-state index in [1.807, 2.05) is 0 Å². The molecule has 1 aromatic rings. The fourth-order valence-electron chi connectivity index (χ4n) is 3.34. The van der Waals surface area contributed by atoms with Gasteiger partial charge in [-0.2, -0.15) is 0 Å². The average Bonchev–Trinajstić information content (AvgIpc) is 2.78. The summed E-state index contributed by atoms with van der Waals surface area (Å²) in [6, 6.07) is 2.29. The molecule has 1 aliphatic heterocycles. The zero-order valence-corrected chi connectivity index (χ0v) is 11.7. The first-order chi connectivity index (χ1) is 8.66. The van der Waals surface area contributed by atoms with Crippen molar-refractivity contribution in [1.82, 2.24) is 4.98 Å². The summed E-state index contributed by atoms with van der Waals surface area (Å²) in [5.74, 6) is 1.98. The Kier molecular flexibility index (Phi) is 3.29. The van der Waals surface area contributed by atoms with Crippen molar-refractivity contribution in [3.05, 3.63) is 16.1 Å². The molecule has 2 N–H and O–H groups in total. The van der Waals surface area contributed by atoms with E-state index in [0.717, 1.165) is 18.3 Å². The first-order valence-electron chi connectivity index (χ1n) is 6.55. The molecule has 5 heteroatoms. The number of aromatic nitrogens is 1. The lowest BCUT2D eigenvalue weighted by Crippen LogP contribution is -2.35. The first kappa shape index (κ1) is 12.4. The quantitative estimate of drug-likeness (QED) is 0.855. The monoisotopic (exact) mass is 285 g/mol. The third-order valence-electron chi connectivity index (χ3n) is 4.22. The van der Waals surface area contributed by atoms with E-state index in [0.29, 0.717) is 21.9 Å². The summed E-state index contributed by atoms with van der Waals surface area (Å²) in [7, 11) is 0. The third kappa shape index (κ3) is 2.04. The van der Waals surface area contributed by atoms with Crippen LogP contribution in [0.25, 0.3) is 0 Å². The van der Waals surface area contributed by atoms with Crippen molar-refractivity contribution in [1.29, 1.82) is 0 Å². The van der Waals surface area contributed by atoms with Crippen LogP contribution in [0.15, 0.2) is 6.07 Å². The van der Waals surface area contributed by atoms with E-state index in [9.17, 15) is 0 Å². The maximum atomic E-state index is 6.27. The molecule has 3 nitrogen and oxygen atoms in total. The van der Waals surface area contributed by atoms with Crippen molar-refractivity contribution in [2.45, 2.75) is 38.1 Å². The van der Waals surface area contributed by atoms with Gasteiger partial charge in [0.2, 0.25) is 0 Å². The molecule has 0 spiro atoms. The Morgan fingerprint density at radius 1 is 1.17 bits per heavy atom. The zero-order valence-electron chi connectivity index (χ0n) is 10.2. The molecule has 98 valence electrons. The van der Waals surface area contributed by atoms with Gasteiger partial charge in [0.25, 0.3) is 0 Å². The summed E-state index contributed by atoms with van der Waals surface area (Å²) in [5, 5.41) is 1.04. The number of nitrogens with two attached hydrogens (primary N) is 1. The number of hydrogen-bond acceptors (Lipinski definition) is 3. The van der Waals surface area contributed by atoms with Crippen LogP contribution in [-0.2, 0) is 0 Å². The van der Waals surface area contributed by atoms with Crippen LogP contribution >= 0.6 is 23.2 Å². The molecular weight excluding hydrogens is 269 g/mol.